The second-order valence-electron chi connectivity index (χ2n) is 6.89. The van der Waals surface area contributed by atoms with Crippen molar-refractivity contribution in [1.29, 1.82) is 0 Å². The minimum absolute atomic E-state index is 0.194. The van der Waals surface area contributed by atoms with E-state index in [1.54, 1.807) is 0 Å². The van der Waals surface area contributed by atoms with Gasteiger partial charge >= 0.3 is 6.09 Å². The minimum Gasteiger partial charge on any atom is -0.440 e. The molecule has 23 heavy (non-hydrogen) atoms. The predicted molar refractivity (Wildman–Crippen MR) is 89.2 cm³/mol. The summed E-state index contributed by atoms with van der Waals surface area (Å²) in [5, 5.41) is 0. The summed E-state index contributed by atoms with van der Waals surface area (Å²) in [7, 11) is 0. The van der Waals surface area contributed by atoms with E-state index < -0.39 is 11.1 Å². The van der Waals surface area contributed by atoms with Gasteiger partial charge in [0.15, 0.2) is 0 Å². The number of fused-ring (bicyclic) bond motifs is 3. The maximum absolute atomic E-state index is 12.5. The van der Waals surface area contributed by atoms with Gasteiger partial charge in [-0.15, -0.1) is 0 Å². The highest BCUT2D eigenvalue weighted by Crippen LogP contribution is 2.51. The van der Waals surface area contributed by atoms with Crippen molar-refractivity contribution in [2.45, 2.75) is 37.8 Å². The summed E-state index contributed by atoms with van der Waals surface area (Å²) in [6.07, 6.45) is 1.41. The SMILES string of the molecule is C[C@]1(Cc2ccccc2)OC(=O)N2CCc3ccccc3[C@@]21C. The maximum atomic E-state index is 12.5. The third kappa shape index (κ3) is 1.92. The summed E-state index contributed by atoms with van der Waals surface area (Å²) in [6, 6.07) is 18.7. The number of ether oxygens (including phenoxy) is 1. The molecule has 2 aromatic rings. The Balaban J connectivity index is 1.84. The van der Waals surface area contributed by atoms with E-state index in [2.05, 4.69) is 50.2 Å². The summed E-state index contributed by atoms with van der Waals surface area (Å²) in [6.45, 7) is 4.94. The molecule has 118 valence electrons. The average Bonchev–Trinajstić information content (AvgIpc) is 2.75. The van der Waals surface area contributed by atoms with Crippen molar-refractivity contribution in [1.82, 2.24) is 4.90 Å². The van der Waals surface area contributed by atoms with Crippen molar-refractivity contribution < 1.29 is 9.53 Å². The molecule has 2 atom stereocenters. The molecule has 0 aliphatic carbocycles. The molecule has 0 aromatic heterocycles. The monoisotopic (exact) mass is 307 g/mol. The summed E-state index contributed by atoms with van der Waals surface area (Å²) >= 11 is 0. The Hall–Kier alpha value is -2.29. The van der Waals surface area contributed by atoms with Crippen LogP contribution in [0.2, 0.25) is 0 Å². The average molecular weight is 307 g/mol. The van der Waals surface area contributed by atoms with Crippen LogP contribution in [-0.4, -0.2) is 23.1 Å². The maximum Gasteiger partial charge on any atom is 0.411 e. The van der Waals surface area contributed by atoms with Gasteiger partial charge in [0.25, 0.3) is 0 Å². The standard InChI is InChI=1S/C20H21NO2/c1-19(14-15-8-4-3-5-9-15)20(2)17-11-7-6-10-16(17)12-13-21(20)18(22)23-19/h3-11H,12-14H2,1-2H3/t19-,20-/m1/s1. The van der Waals surface area contributed by atoms with Crippen LogP contribution in [0.15, 0.2) is 54.6 Å². The number of amides is 1. The lowest BCUT2D eigenvalue weighted by Crippen LogP contribution is -2.56. The molecule has 1 saturated heterocycles. The number of benzene rings is 2. The molecule has 3 nitrogen and oxygen atoms in total. The van der Waals surface area contributed by atoms with Crippen molar-refractivity contribution in [3.05, 3.63) is 71.3 Å². The van der Waals surface area contributed by atoms with Gasteiger partial charge in [-0.2, -0.15) is 0 Å². The van der Waals surface area contributed by atoms with E-state index in [1.807, 2.05) is 23.1 Å². The van der Waals surface area contributed by atoms with Crippen molar-refractivity contribution in [2.24, 2.45) is 0 Å². The van der Waals surface area contributed by atoms with Gasteiger partial charge in [0.2, 0.25) is 0 Å². The summed E-state index contributed by atoms with van der Waals surface area (Å²) in [4.78, 5) is 14.4. The Morgan fingerprint density at radius 3 is 2.52 bits per heavy atom. The van der Waals surface area contributed by atoms with E-state index in [0.29, 0.717) is 6.42 Å². The predicted octanol–water partition coefficient (Wildman–Crippen LogP) is 3.91. The van der Waals surface area contributed by atoms with Crippen LogP contribution in [0, 0.1) is 0 Å². The molecule has 2 aromatic carbocycles. The number of cyclic esters (lactones) is 1. The van der Waals surface area contributed by atoms with E-state index in [-0.39, 0.29) is 6.09 Å². The van der Waals surface area contributed by atoms with Gasteiger partial charge in [0.1, 0.15) is 11.1 Å². The summed E-state index contributed by atoms with van der Waals surface area (Å²) < 4.78 is 5.95. The molecule has 0 saturated carbocycles. The zero-order chi connectivity index (χ0) is 16.1. The molecule has 0 radical (unpaired) electrons. The Labute approximate surface area is 136 Å². The van der Waals surface area contributed by atoms with Gasteiger partial charge < -0.3 is 4.74 Å². The van der Waals surface area contributed by atoms with Crippen LogP contribution in [0.25, 0.3) is 0 Å². The lowest BCUT2D eigenvalue weighted by Gasteiger charge is -2.46. The minimum atomic E-state index is -0.581. The zero-order valence-corrected chi connectivity index (χ0v) is 13.6. The normalized spacial score (nSPS) is 29.0. The van der Waals surface area contributed by atoms with Gasteiger partial charge in [-0.1, -0.05) is 54.6 Å². The third-order valence-corrected chi connectivity index (χ3v) is 5.63. The molecule has 1 fully saturated rings. The number of hydrogen-bond acceptors (Lipinski definition) is 2. The van der Waals surface area contributed by atoms with Crippen LogP contribution < -0.4 is 0 Å². The molecule has 2 aliphatic rings. The fraction of sp³-hybridized carbons (Fsp3) is 0.350. The van der Waals surface area contributed by atoms with E-state index in [9.17, 15) is 4.79 Å². The Morgan fingerprint density at radius 2 is 1.74 bits per heavy atom. The molecule has 0 unspecified atom stereocenters. The molecule has 0 spiro atoms. The molecule has 2 heterocycles. The van der Waals surface area contributed by atoms with E-state index >= 15 is 0 Å². The molecule has 0 N–H and O–H groups in total. The largest absolute Gasteiger partial charge is 0.440 e. The van der Waals surface area contributed by atoms with Gasteiger partial charge in [-0.3, -0.25) is 4.90 Å². The zero-order valence-electron chi connectivity index (χ0n) is 13.6. The Kier molecular flexibility index (Phi) is 3.02. The highest BCUT2D eigenvalue weighted by atomic mass is 16.6. The third-order valence-electron chi connectivity index (χ3n) is 5.63. The van der Waals surface area contributed by atoms with Crippen LogP contribution in [0.1, 0.15) is 30.5 Å². The van der Waals surface area contributed by atoms with Crippen LogP contribution in [-0.2, 0) is 23.1 Å². The van der Waals surface area contributed by atoms with Gasteiger partial charge in [0.05, 0.1) is 0 Å². The van der Waals surface area contributed by atoms with Crippen LogP contribution in [0.5, 0.6) is 0 Å². The first-order valence-electron chi connectivity index (χ1n) is 8.17. The fourth-order valence-electron chi connectivity index (χ4n) is 4.20. The van der Waals surface area contributed by atoms with Crippen molar-refractivity contribution in [3.8, 4) is 0 Å². The second-order valence-corrected chi connectivity index (χ2v) is 6.89. The molecule has 2 aliphatic heterocycles. The topological polar surface area (TPSA) is 29.5 Å². The first-order valence-corrected chi connectivity index (χ1v) is 8.17. The smallest absolute Gasteiger partial charge is 0.411 e. The molecular weight excluding hydrogens is 286 g/mol. The van der Waals surface area contributed by atoms with Crippen LogP contribution >= 0.6 is 0 Å². The lowest BCUT2D eigenvalue weighted by atomic mass is 9.70. The molecular formula is C20H21NO2. The lowest BCUT2D eigenvalue weighted by molar-refractivity contribution is 0.00241. The summed E-state index contributed by atoms with van der Waals surface area (Å²) in [5.41, 5.74) is 2.71. The fourth-order valence-corrected chi connectivity index (χ4v) is 4.20. The number of nitrogens with zero attached hydrogens (tertiary/aromatic N) is 1. The van der Waals surface area contributed by atoms with E-state index in [0.717, 1.165) is 13.0 Å². The molecule has 0 bridgehead atoms. The van der Waals surface area contributed by atoms with E-state index in [1.165, 1.54) is 16.7 Å². The Bertz CT molecular complexity index is 757. The second kappa shape index (κ2) is 4.85. The number of carbonyl (C=O) groups excluding carboxylic acids is 1. The highest BCUT2D eigenvalue weighted by Gasteiger charge is 2.62. The highest BCUT2D eigenvalue weighted by molar-refractivity contribution is 5.74. The van der Waals surface area contributed by atoms with E-state index in [4.69, 9.17) is 4.74 Å². The van der Waals surface area contributed by atoms with Gasteiger partial charge in [-0.05, 0) is 37.0 Å². The molecule has 1 amide bonds. The van der Waals surface area contributed by atoms with Crippen molar-refractivity contribution >= 4 is 6.09 Å². The van der Waals surface area contributed by atoms with Crippen LogP contribution in [0.3, 0.4) is 0 Å². The van der Waals surface area contributed by atoms with Crippen molar-refractivity contribution in [2.75, 3.05) is 6.54 Å². The molecule has 4 rings (SSSR count). The first kappa shape index (κ1) is 14.3. The van der Waals surface area contributed by atoms with Crippen LogP contribution in [0.4, 0.5) is 4.79 Å². The number of rotatable bonds is 2. The van der Waals surface area contributed by atoms with Gasteiger partial charge in [-0.25, -0.2) is 4.79 Å². The number of carbonyl (C=O) groups is 1. The van der Waals surface area contributed by atoms with Gasteiger partial charge in [0, 0.05) is 13.0 Å². The Morgan fingerprint density at radius 1 is 1.04 bits per heavy atom. The summed E-state index contributed by atoms with van der Waals surface area (Å²) in [5.74, 6) is 0. The number of hydrogen-bond donors (Lipinski definition) is 0. The molecule has 3 heteroatoms. The quantitative estimate of drug-likeness (QED) is 0.842. The first-order chi connectivity index (χ1) is 11.0. The van der Waals surface area contributed by atoms with Crippen molar-refractivity contribution in [3.63, 3.8) is 0 Å².